The molecule has 0 bridgehead atoms. The Morgan fingerprint density at radius 3 is 2.56 bits per heavy atom. The van der Waals surface area contributed by atoms with Gasteiger partial charge < -0.3 is 9.72 Å². The molecule has 0 amide bonds. The Hall–Kier alpha value is -1.48. The van der Waals surface area contributed by atoms with Gasteiger partial charge in [0, 0.05) is 10.7 Å². The molecule has 2 rings (SSSR count). The van der Waals surface area contributed by atoms with Crippen LogP contribution < -0.4 is 4.74 Å². The zero-order chi connectivity index (χ0) is 13.6. The first kappa shape index (κ1) is 13.0. The fraction of sp³-hybridized carbons (Fsp3) is 0.125. The van der Waals surface area contributed by atoms with Crippen molar-refractivity contribution in [3.05, 3.63) is 18.5 Å². The molecule has 0 atom stereocenters. The van der Waals surface area contributed by atoms with E-state index in [1.807, 2.05) is 0 Å². The zero-order valence-electron chi connectivity index (χ0n) is 8.32. The Morgan fingerprint density at radius 2 is 2.00 bits per heavy atom. The first-order chi connectivity index (χ1) is 8.18. The summed E-state index contributed by atoms with van der Waals surface area (Å²) in [4.78, 5) is 5.31. The molecule has 10 heteroatoms. The van der Waals surface area contributed by atoms with Crippen molar-refractivity contribution >= 4 is 30.8 Å². The van der Waals surface area contributed by atoms with Crippen molar-refractivity contribution < 1.29 is 26.3 Å². The summed E-state index contributed by atoms with van der Waals surface area (Å²) >= 11 is 0. The van der Waals surface area contributed by atoms with Crippen LogP contribution >= 0.6 is 10.7 Å². The second-order valence-electron chi connectivity index (χ2n) is 3.18. The van der Waals surface area contributed by atoms with E-state index < -0.39 is 26.1 Å². The fourth-order valence-electron chi connectivity index (χ4n) is 1.37. The summed E-state index contributed by atoms with van der Waals surface area (Å²) in [6, 6.07) is 2.14. The van der Waals surface area contributed by atoms with Crippen molar-refractivity contribution in [2.75, 3.05) is 0 Å². The lowest BCUT2D eigenvalue weighted by Crippen LogP contribution is -2.18. The molecular weight excluding hydrogens is 297 g/mol. The number of halogens is 4. The van der Waals surface area contributed by atoms with Gasteiger partial charge >= 0.3 is 6.36 Å². The molecule has 0 saturated carbocycles. The van der Waals surface area contributed by atoms with Crippen LogP contribution in [-0.2, 0) is 9.05 Å². The summed E-state index contributed by atoms with van der Waals surface area (Å²) in [7, 11) is 0.665. The van der Waals surface area contributed by atoms with Crippen LogP contribution in [0.3, 0.4) is 0 Å². The third kappa shape index (κ3) is 2.51. The summed E-state index contributed by atoms with van der Waals surface area (Å²) < 4.78 is 62.8. The Balaban J connectivity index is 2.75. The summed E-state index contributed by atoms with van der Waals surface area (Å²) in [6.07, 6.45) is -3.94. The molecule has 2 aromatic rings. The normalized spacial score (nSPS) is 12.9. The molecule has 1 aromatic carbocycles. The van der Waals surface area contributed by atoms with E-state index in [9.17, 15) is 21.6 Å². The summed E-state index contributed by atoms with van der Waals surface area (Å²) in [5.41, 5.74) is -0.0765. The number of fused-ring (bicyclic) bond motifs is 1. The number of imidazole rings is 1. The van der Waals surface area contributed by atoms with Crippen LogP contribution in [0.2, 0.25) is 0 Å². The van der Waals surface area contributed by atoms with Crippen molar-refractivity contribution in [2.24, 2.45) is 0 Å². The topological polar surface area (TPSA) is 72.0 Å². The second-order valence-corrected chi connectivity index (χ2v) is 5.71. The molecule has 0 radical (unpaired) electrons. The van der Waals surface area contributed by atoms with Gasteiger partial charge in [0.05, 0.1) is 11.8 Å². The average Bonchev–Trinajstić information content (AvgIpc) is 2.61. The van der Waals surface area contributed by atoms with E-state index in [1.54, 1.807) is 0 Å². The molecule has 0 spiro atoms. The van der Waals surface area contributed by atoms with E-state index in [1.165, 1.54) is 6.07 Å². The predicted octanol–water partition coefficient (Wildman–Crippen LogP) is 2.39. The van der Waals surface area contributed by atoms with Gasteiger partial charge in [0.25, 0.3) is 9.05 Å². The highest BCUT2D eigenvalue weighted by atomic mass is 35.7. The molecule has 0 saturated heterocycles. The number of rotatable bonds is 2. The Kier molecular flexibility index (Phi) is 2.90. The molecule has 0 unspecified atom stereocenters. The zero-order valence-corrected chi connectivity index (χ0v) is 9.90. The fourth-order valence-corrected chi connectivity index (χ4v) is 2.32. The van der Waals surface area contributed by atoms with Gasteiger partial charge in [-0.05, 0) is 12.1 Å². The van der Waals surface area contributed by atoms with Crippen LogP contribution in [0.25, 0.3) is 11.0 Å². The molecule has 0 aliphatic heterocycles. The van der Waals surface area contributed by atoms with Gasteiger partial charge in [0.1, 0.15) is 10.4 Å². The molecule has 18 heavy (non-hydrogen) atoms. The molecule has 0 aliphatic carbocycles. The first-order valence-corrected chi connectivity index (χ1v) is 6.66. The number of hydrogen-bond acceptors (Lipinski definition) is 4. The molecule has 1 N–H and O–H groups in total. The number of H-pyrrole nitrogens is 1. The molecule has 1 aromatic heterocycles. The van der Waals surface area contributed by atoms with Crippen LogP contribution in [0.15, 0.2) is 23.4 Å². The van der Waals surface area contributed by atoms with Crippen molar-refractivity contribution in [2.45, 2.75) is 11.3 Å². The standard InChI is InChI=1S/C8H4ClF3N2O3S/c9-18(15,16)5-2-1-4-6(14-3-13-4)7(5)17-8(10,11)12/h1-3H,(H,13,14). The van der Waals surface area contributed by atoms with Crippen LogP contribution in [0.5, 0.6) is 5.75 Å². The number of hydrogen-bond donors (Lipinski definition) is 1. The number of ether oxygens (including phenoxy) is 1. The Bertz CT molecular complexity index is 695. The smallest absolute Gasteiger partial charge is 0.402 e. The summed E-state index contributed by atoms with van der Waals surface area (Å²) in [5, 5.41) is 0. The van der Waals surface area contributed by atoms with E-state index >= 15 is 0 Å². The van der Waals surface area contributed by atoms with E-state index in [4.69, 9.17) is 10.7 Å². The number of aromatic amines is 1. The third-order valence-electron chi connectivity index (χ3n) is 1.99. The molecule has 1 heterocycles. The van der Waals surface area contributed by atoms with E-state index in [-0.39, 0.29) is 11.0 Å². The van der Waals surface area contributed by atoms with Crippen LogP contribution in [0.1, 0.15) is 0 Å². The predicted molar refractivity (Wildman–Crippen MR) is 55.8 cm³/mol. The summed E-state index contributed by atoms with van der Waals surface area (Å²) in [6.45, 7) is 0. The van der Waals surface area contributed by atoms with Gasteiger partial charge in [-0.25, -0.2) is 13.4 Å². The maximum atomic E-state index is 12.2. The maximum Gasteiger partial charge on any atom is 0.573 e. The molecule has 0 aliphatic rings. The lowest BCUT2D eigenvalue weighted by atomic mass is 10.3. The Labute approximate surface area is 103 Å². The Morgan fingerprint density at radius 1 is 1.33 bits per heavy atom. The van der Waals surface area contributed by atoms with Crippen LogP contribution in [-0.4, -0.2) is 24.7 Å². The highest BCUT2D eigenvalue weighted by molar-refractivity contribution is 8.13. The van der Waals surface area contributed by atoms with E-state index in [0.717, 1.165) is 12.4 Å². The minimum atomic E-state index is -5.05. The molecular formula is C8H4ClF3N2O3S. The van der Waals surface area contributed by atoms with Gasteiger partial charge in [-0.3, -0.25) is 0 Å². The lowest BCUT2D eigenvalue weighted by molar-refractivity contribution is -0.275. The van der Waals surface area contributed by atoms with E-state index in [0.29, 0.717) is 0 Å². The number of nitrogens with one attached hydrogen (secondary N) is 1. The van der Waals surface area contributed by atoms with Gasteiger partial charge in [0.2, 0.25) is 0 Å². The number of alkyl halides is 3. The summed E-state index contributed by atoms with van der Waals surface area (Å²) in [5.74, 6) is -0.948. The van der Waals surface area contributed by atoms with E-state index in [2.05, 4.69) is 14.7 Å². The van der Waals surface area contributed by atoms with Crippen molar-refractivity contribution in [3.63, 3.8) is 0 Å². The SMILES string of the molecule is O=S(=O)(Cl)c1ccc2[nH]cnc2c1OC(F)(F)F. The largest absolute Gasteiger partial charge is 0.573 e. The van der Waals surface area contributed by atoms with Gasteiger partial charge in [-0.1, -0.05) is 0 Å². The minimum absolute atomic E-state index is 0.193. The number of benzene rings is 1. The van der Waals surface area contributed by atoms with Gasteiger partial charge in [0.15, 0.2) is 5.75 Å². The monoisotopic (exact) mass is 300 g/mol. The highest BCUT2D eigenvalue weighted by Crippen LogP contribution is 2.36. The van der Waals surface area contributed by atoms with Crippen molar-refractivity contribution in [3.8, 4) is 5.75 Å². The lowest BCUT2D eigenvalue weighted by Gasteiger charge is -2.11. The van der Waals surface area contributed by atoms with Crippen molar-refractivity contribution in [1.82, 2.24) is 9.97 Å². The first-order valence-electron chi connectivity index (χ1n) is 4.35. The highest BCUT2D eigenvalue weighted by Gasteiger charge is 2.35. The average molecular weight is 301 g/mol. The second kappa shape index (κ2) is 4.02. The molecule has 98 valence electrons. The quantitative estimate of drug-likeness (QED) is 0.864. The van der Waals surface area contributed by atoms with Crippen LogP contribution in [0, 0.1) is 0 Å². The number of nitrogens with zero attached hydrogens (tertiary/aromatic N) is 1. The van der Waals surface area contributed by atoms with Crippen molar-refractivity contribution in [1.29, 1.82) is 0 Å². The van der Waals surface area contributed by atoms with Gasteiger partial charge in [-0.15, -0.1) is 13.2 Å². The van der Waals surface area contributed by atoms with Gasteiger partial charge in [-0.2, -0.15) is 0 Å². The molecule has 0 fully saturated rings. The maximum absolute atomic E-state index is 12.2. The minimum Gasteiger partial charge on any atom is -0.402 e. The third-order valence-corrected chi connectivity index (χ3v) is 3.34. The van der Waals surface area contributed by atoms with Crippen LogP contribution in [0.4, 0.5) is 13.2 Å². The molecule has 5 nitrogen and oxygen atoms in total. The number of aromatic nitrogens is 2.